The highest BCUT2D eigenvalue weighted by atomic mass is 19.1. The quantitative estimate of drug-likeness (QED) is 0.877. The normalized spacial score (nSPS) is 24.3. The number of hydrogen-bond donors (Lipinski definition) is 1. The number of halogens is 1. The molecule has 0 spiro atoms. The van der Waals surface area contributed by atoms with Crippen LogP contribution in [0.1, 0.15) is 52.5 Å². The van der Waals surface area contributed by atoms with E-state index in [1.54, 1.807) is 11.0 Å². The van der Waals surface area contributed by atoms with Crippen LogP contribution in [0.2, 0.25) is 0 Å². The van der Waals surface area contributed by atoms with Gasteiger partial charge in [0.25, 0.3) is 0 Å². The van der Waals surface area contributed by atoms with Gasteiger partial charge in [0, 0.05) is 19.1 Å². The summed E-state index contributed by atoms with van der Waals surface area (Å²) in [6.07, 6.45) is 1.87. The molecule has 0 unspecified atom stereocenters. The third-order valence-corrected chi connectivity index (χ3v) is 5.44. The molecule has 1 aromatic carbocycles. The SMILES string of the molecule is C[C@@H]1CN(C(=O)OC(C)(C)C)CC[C@@H]1NC(=O)C1(c2cccc(F)c2)CC1. The highest BCUT2D eigenvalue weighted by Gasteiger charge is 2.52. The average molecular weight is 376 g/mol. The first kappa shape index (κ1) is 19.6. The Labute approximate surface area is 160 Å². The summed E-state index contributed by atoms with van der Waals surface area (Å²) in [5.41, 5.74) is -0.363. The lowest BCUT2D eigenvalue weighted by molar-refractivity contribution is -0.125. The van der Waals surface area contributed by atoms with E-state index in [-0.39, 0.29) is 29.8 Å². The fourth-order valence-corrected chi connectivity index (χ4v) is 3.72. The first-order valence-corrected chi connectivity index (χ1v) is 9.66. The zero-order valence-corrected chi connectivity index (χ0v) is 16.5. The Bertz CT molecular complexity index is 724. The molecule has 1 aliphatic heterocycles. The molecule has 148 valence electrons. The maximum atomic E-state index is 13.6. The molecular weight excluding hydrogens is 347 g/mol. The number of piperidine rings is 1. The van der Waals surface area contributed by atoms with E-state index in [0.29, 0.717) is 19.5 Å². The summed E-state index contributed by atoms with van der Waals surface area (Å²) in [5.74, 6) is -0.222. The fourth-order valence-electron chi connectivity index (χ4n) is 3.72. The van der Waals surface area contributed by atoms with Crippen molar-refractivity contribution in [2.24, 2.45) is 5.92 Å². The van der Waals surface area contributed by atoms with Crippen LogP contribution in [0.15, 0.2) is 24.3 Å². The maximum absolute atomic E-state index is 13.6. The van der Waals surface area contributed by atoms with Crippen LogP contribution in [0.4, 0.5) is 9.18 Å². The van der Waals surface area contributed by atoms with E-state index < -0.39 is 11.0 Å². The molecule has 1 aromatic rings. The van der Waals surface area contributed by atoms with E-state index in [4.69, 9.17) is 4.74 Å². The monoisotopic (exact) mass is 376 g/mol. The van der Waals surface area contributed by atoms with Gasteiger partial charge in [0.05, 0.1) is 5.41 Å². The summed E-state index contributed by atoms with van der Waals surface area (Å²) < 4.78 is 19.0. The van der Waals surface area contributed by atoms with Crippen molar-refractivity contribution in [1.29, 1.82) is 0 Å². The van der Waals surface area contributed by atoms with Crippen molar-refractivity contribution < 1.29 is 18.7 Å². The predicted molar refractivity (Wildman–Crippen MR) is 101 cm³/mol. The van der Waals surface area contributed by atoms with Crippen LogP contribution in [-0.4, -0.2) is 41.6 Å². The van der Waals surface area contributed by atoms with Gasteiger partial charge in [-0.3, -0.25) is 4.79 Å². The van der Waals surface area contributed by atoms with Gasteiger partial charge < -0.3 is 15.0 Å². The molecule has 5 nitrogen and oxygen atoms in total. The number of carbonyl (C=O) groups excluding carboxylic acids is 2. The summed E-state index contributed by atoms with van der Waals surface area (Å²) in [6.45, 7) is 8.68. The van der Waals surface area contributed by atoms with E-state index >= 15 is 0 Å². The van der Waals surface area contributed by atoms with Gasteiger partial charge in [0.2, 0.25) is 5.91 Å². The third kappa shape index (κ3) is 4.42. The van der Waals surface area contributed by atoms with E-state index in [2.05, 4.69) is 5.32 Å². The maximum Gasteiger partial charge on any atom is 0.410 e. The minimum atomic E-state index is -0.593. The van der Waals surface area contributed by atoms with Crippen molar-refractivity contribution in [2.75, 3.05) is 13.1 Å². The summed E-state index contributed by atoms with van der Waals surface area (Å²) in [6, 6.07) is 6.33. The molecule has 6 heteroatoms. The molecular formula is C21H29FN2O3. The number of benzene rings is 1. The van der Waals surface area contributed by atoms with Gasteiger partial charge in [0.1, 0.15) is 11.4 Å². The molecule has 0 radical (unpaired) electrons. The Hall–Kier alpha value is -2.11. The second-order valence-corrected chi connectivity index (χ2v) is 8.86. The first-order chi connectivity index (χ1) is 12.6. The van der Waals surface area contributed by atoms with Gasteiger partial charge in [0.15, 0.2) is 0 Å². The molecule has 1 aliphatic carbocycles. The highest BCUT2D eigenvalue weighted by Crippen LogP contribution is 2.48. The fraction of sp³-hybridized carbons (Fsp3) is 0.619. The number of carbonyl (C=O) groups is 2. The minimum absolute atomic E-state index is 0.00206. The minimum Gasteiger partial charge on any atom is -0.444 e. The molecule has 2 amide bonds. The van der Waals surface area contributed by atoms with E-state index in [9.17, 15) is 14.0 Å². The van der Waals surface area contributed by atoms with Crippen LogP contribution in [0.25, 0.3) is 0 Å². The standard InChI is InChI=1S/C21H29FN2O3/c1-14-13-24(19(26)27-20(2,3)4)11-8-17(14)23-18(25)21(9-10-21)15-6-5-7-16(22)12-15/h5-7,12,14,17H,8-11,13H2,1-4H3,(H,23,25)/t14-,17+/m1/s1. The second kappa shape index (κ2) is 7.13. The number of ether oxygens (including phenoxy) is 1. The summed E-state index contributed by atoms with van der Waals surface area (Å²) in [7, 11) is 0. The molecule has 3 rings (SSSR count). The molecule has 1 heterocycles. The van der Waals surface area contributed by atoms with Crippen molar-refractivity contribution in [3.63, 3.8) is 0 Å². The Kier molecular flexibility index (Phi) is 5.19. The van der Waals surface area contributed by atoms with Gasteiger partial charge in [-0.15, -0.1) is 0 Å². The van der Waals surface area contributed by atoms with Crippen LogP contribution in [0.3, 0.4) is 0 Å². The molecule has 2 aliphatic rings. The Morgan fingerprint density at radius 1 is 1.30 bits per heavy atom. The van der Waals surface area contributed by atoms with Crippen LogP contribution >= 0.6 is 0 Å². The molecule has 1 saturated heterocycles. The first-order valence-electron chi connectivity index (χ1n) is 9.66. The lowest BCUT2D eigenvalue weighted by Gasteiger charge is -2.38. The summed E-state index contributed by atoms with van der Waals surface area (Å²) in [5, 5.41) is 3.16. The number of likely N-dealkylation sites (tertiary alicyclic amines) is 1. The third-order valence-electron chi connectivity index (χ3n) is 5.44. The Morgan fingerprint density at radius 3 is 2.56 bits per heavy atom. The summed E-state index contributed by atoms with van der Waals surface area (Å²) in [4.78, 5) is 26.9. The van der Waals surface area contributed by atoms with Crippen molar-refractivity contribution in [3.05, 3.63) is 35.6 Å². The molecule has 2 fully saturated rings. The van der Waals surface area contributed by atoms with Crippen molar-refractivity contribution in [3.8, 4) is 0 Å². The average Bonchev–Trinajstić information content (AvgIpc) is 3.37. The van der Waals surface area contributed by atoms with Crippen LogP contribution in [0, 0.1) is 11.7 Å². The van der Waals surface area contributed by atoms with Crippen molar-refractivity contribution >= 4 is 12.0 Å². The zero-order chi connectivity index (χ0) is 19.8. The molecule has 1 saturated carbocycles. The lowest BCUT2D eigenvalue weighted by atomic mass is 9.90. The molecule has 27 heavy (non-hydrogen) atoms. The molecule has 1 N–H and O–H groups in total. The topological polar surface area (TPSA) is 58.6 Å². The van der Waals surface area contributed by atoms with Gasteiger partial charge in [-0.1, -0.05) is 19.1 Å². The van der Waals surface area contributed by atoms with E-state index in [0.717, 1.165) is 18.4 Å². The summed E-state index contributed by atoms with van der Waals surface area (Å²) >= 11 is 0. The van der Waals surface area contributed by atoms with Crippen LogP contribution < -0.4 is 5.32 Å². The van der Waals surface area contributed by atoms with Crippen LogP contribution in [-0.2, 0) is 14.9 Å². The predicted octanol–water partition coefficient (Wildman–Crippen LogP) is 3.62. The number of nitrogens with one attached hydrogen (secondary N) is 1. The second-order valence-electron chi connectivity index (χ2n) is 8.86. The zero-order valence-electron chi connectivity index (χ0n) is 16.5. The molecule has 0 bridgehead atoms. The highest BCUT2D eigenvalue weighted by molar-refractivity contribution is 5.91. The van der Waals surface area contributed by atoms with Gasteiger partial charge in [-0.2, -0.15) is 0 Å². The van der Waals surface area contributed by atoms with Crippen molar-refractivity contribution in [1.82, 2.24) is 10.2 Å². The molecule has 2 atom stereocenters. The number of amides is 2. The Morgan fingerprint density at radius 2 is 2.00 bits per heavy atom. The molecule has 0 aromatic heterocycles. The van der Waals surface area contributed by atoms with Gasteiger partial charge >= 0.3 is 6.09 Å². The van der Waals surface area contributed by atoms with E-state index in [1.807, 2.05) is 33.8 Å². The largest absolute Gasteiger partial charge is 0.444 e. The van der Waals surface area contributed by atoms with Crippen molar-refractivity contribution in [2.45, 2.75) is 64.0 Å². The lowest BCUT2D eigenvalue weighted by Crippen LogP contribution is -2.53. The smallest absolute Gasteiger partial charge is 0.410 e. The van der Waals surface area contributed by atoms with Gasteiger partial charge in [-0.05, 0) is 63.6 Å². The van der Waals surface area contributed by atoms with Crippen LogP contribution in [0.5, 0.6) is 0 Å². The number of hydrogen-bond acceptors (Lipinski definition) is 3. The number of nitrogens with zero attached hydrogens (tertiary/aromatic N) is 1. The number of rotatable bonds is 3. The Balaban J connectivity index is 1.59. The van der Waals surface area contributed by atoms with Gasteiger partial charge in [-0.25, -0.2) is 9.18 Å². The van der Waals surface area contributed by atoms with E-state index in [1.165, 1.54) is 12.1 Å².